The van der Waals surface area contributed by atoms with E-state index in [1.807, 2.05) is 0 Å². The fraction of sp³-hybridized carbons (Fsp3) is 0.500. The lowest BCUT2D eigenvalue weighted by atomic mass is 10.1. The lowest BCUT2D eigenvalue weighted by molar-refractivity contribution is -0.274. The van der Waals surface area contributed by atoms with Crippen molar-refractivity contribution in [2.24, 2.45) is 0 Å². The van der Waals surface area contributed by atoms with Gasteiger partial charge in [0.05, 0.1) is 6.10 Å². The number of alkyl halides is 3. The molecule has 21 heavy (non-hydrogen) atoms. The minimum absolute atomic E-state index is 0.0183. The molecule has 0 spiro atoms. The Morgan fingerprint density at radius 2 is 2.00 bits per heavy atom. The van der Waals surface area contributed by atoms with Crippen LogP contribution < -0.4 is 10.1 Å². The number of Topliss-reactive ketones (excluding diaryl/α,β-unsaturated/α-hetero) is 1. The van der Waals surface area contributed by atoms with Gasteiger partial charge in [-0.3, -0.25) is 4.79 Å². The van der Waals surface area contributed by atoms with E-state index < -0.39 is 12.1 Å². The Balaban J connectivity index is 1.91. The number of hydrogen-bond acceptors (Lipinski definition) is 4. The van der Waals surface area contributed by atoms with E-state index in [9.17, 15) is 18.0 Å². The molecule has 0 atom stereocenters. The Kier molecular flexibility index (Phi) is 5.19. The number of rotatable bonds is 5. The van der Waals surface area contributed by atoms with Crippen molar-refractivity contribution in [3.05, 3.63) is 29.8 Å². The second-order valence-electron chi connectivity index (χ2n) is 4.76. The monoisotopic (exact) mass is 303 g/mol. The highest BCUT2D eigenvalue weighted by Crippen LogP contribution is 2.23. The molecule has 0 aliphatic carbocycles. The van der Waals surface area contributed by atoms with Gasteiger partial charge >= 0.3 is 6.36 Å². The molecule has 1 heterocycles. The van der Waals surface area contributed by atoms with Crippen LogP contribution in [0.15, 0.2) is 24.3 Å². The second kappa shape index (κ2) is 6.91. The quantitative estimate of drug-likeness (QED) is 0.849. The number of piperidine rings is 1. The van der Waals surface area contributed by atoms with Crippen LogP contribution in [0.5, 0.6) is 5.75 Å². The molecule has 1 saturated heterocycles. The SMILES string of the molecule is O=C(COC1CCNCC1)c1cccc(OC(F)(F)F)c1. The van der Waals surface area contributed by atoms with Crippen molar-refractivity contribution in [3.8, 4) is 5.75 Å². The van der Waals surface area contributed by atoms with Gasteiger partial charge in [0.15, 0.2) is 5.78 Å². The smallest absolute Gasteiger partial charge is 0.406 e. The summed E-state index contributed by atoms with van der Waals surface area (Å²) in [5, 5.41) is 3.18. The molecule has 1 aromatic carbocycles. The Hall–Kier alpha value is -1.60. The van der Waals surface area contributed by atoms with Crippen LogP contribution in [0.1, 0.15) is 23.2 Å². The molecule has 2 rings (SSSR count). The van der Waals surface area contributed by atoms with Gasteiger partial charge in [-0.15, -0.1) is 13.2 Å². The molecule has 1 aliphatic rings. The molecular formula is C14H16F3NO3. The zero-order chi connectivity index (χ0) is 15.3. The molecule has 0 amide bonds. The molecule has 0 radical (unpaired) electrons. The first-order valence-corrected chi connectivity index (χ1v) is 6.65. The number of ether oxygens (including phenoxy) is 2. The molecule has 0 unspecified atom stereocenters. The summed E-state index contributed by atoms with van der Waals surface area (Å²) < 4.78 is 45.7. The zero-order valence-corrected chi connectivity index (χ0v) is 11.3. The first-order chi connectivity index (χ1) is 9.94. The van der Waals surface area contributed by atoms with Gasteiger partial charge in [-0.1, -0.05) is 12.1 Å². The average Bonchev–Trinajstić information content (AvgIpc) is 2.44. The van der Waals surface area contributed by atoms with E-state index in [1.165, 1.54) is 12.1 Å². The van der Waals surface area contributed by atoms with E-state index in [1.54, 1.807) is 0 Å². The van der Waals surface area contributed by atoms with Crippen molar-refractivity contribution in [1.82, 2.24) is 5.32 Å². The van der Waals surface area contributed by atoms with Crippen molar-refractivity contribution in [2.45, 2.75) is 25.3 Å². The lowest BCUT2D eigenvalue weighted by Crippen LogP contribution is -2.33. The lowest BCUT2D eigenvalue weighted by Gasteiger charge is -2.22. The first-order valence-electron chi connectivity index (χ1n) is 6.65. The summed E-state index contributed by atoms with van der Waals surface area (Å²) in [6.45, 7) is 1.54. The average molecular weight is 303 g/mol. The molecule has 0 aromatic heterocycles. The summed E-state index contributed by atoms with van der Waals surface area (Å²) in [5.41, 5.74) is 0.144. The predicted octanol–water partition coefficient (Wildman–Crippen LogP) is 2.54. The molecule has 1 aromatic rings. The van der Waals surface area contributed by atoms with Gasteiger partial charge in [0.2, 0.25) is 0 Å². The highest BCUT2D eigenvalue weighted by molar-refractivity contribution is 5.97. The van der Waals surface area contributed by atoms with E-state index in [4.69, 9.17) is 4.74 Å². The van der Waals surface area contributed by atoms with E-state index in [0.717, 1.165) is 38.1 Å². The van der Waals surface area contributed by atoms with Crippen LogP contribution in [-0.4, -0.2) is 37.9 Å². The van der Waals surface area contributed by atoms with Crippen LogP contribution in [0.4, 0.5) is 13.2 Å². The van der Waals surface area contributed by atoms with Crippen molar-refractivity contribution < 1.29 is 27.4 Å². The minimum Gasteiger partial charge on any atom is -0.406 e. The highest BCUT2D eigenvalue weighted by atomic mass is 19.4. The molecule has 4 nitrogen and oxygen atoms in total. The van der Waals surface area contributed by atoms with Crippen LogP contribution in [0, 0.1) is 0 Å². The topological polar surface area (TPSA) is 47.6 Å². The summed E-state index contributed by atoms with van der Waals surface area (Å²) in [5.74, 6) is -0.767. The van der Waals surface area contributed by atoms with Gasteiger partial charge in [0, 0.05) is 5.56 Å². The Bertz CT molecular complexity index is 485. The molecule has 0 saturated carbocycles. The van der Waals surface area contributed by atoms with E-state index in [0.29, 0.717) is 0 Å². The Morgan fingerprint density at radius 1 is 1.29 bits per heavy atom. The van der Waals surface area contributed by atoms with Gasteiger partial charge < -0.3 is 14.8 Å². The second-order valence-corrected chi connectivity index (χ2v) is 4.76. The number of ketones is 1. The number of benzene rings is 1. The van der Waals surface area contributed by atoms with Crippen LogP contribution in [0.25, 0.3) is 0 Å². The van der Waals surface area contributed by atoms with Crippen molar-refractivity contribution >= 4 is 5.78 Å². The van der Waals surface area contributed by atoms with E-state index >= 15 is 0 Å². The van der Waals surface area contributed by atoms with Crippen molar-refractivity contribution in [2.75, 3.05) is 19.7 Å². The zero-order valence-electron chi connectivity index (χ0n) is 11.3. The van der Waals surface area contributed by atoms with E-state index in [-0.39, 0.29) is 24.1 Å². The number of hydrogen-bond donors (Lipinski definition) is 1. The normalized spacial score (nSPS) is 16.7. The molecule has 1 aliphatic heterocycles. The minimum atomic E-state index is -4.77. The molecule has 0 bridgehead atoms. The first kappa shape index (κ1) is 15.8. The third-order valence-electron chi connectivity index (χ3n) is 3.13. The number of nitrogens with one attached hydrogen (secondary N) is 1. The fourth-order valence-electron chi connectivity index (χ4n) is 2.11. The standard InChI is InChI=1S/C14H16F3NO3/c15-14(16,17)21-12-3-1-2-10(8-12)13(19)9-20-11-4-6-18-7-5-11/h1-3,8,11,18H,4-7,9H2. The van der Waals surface area contributed by atoms with Gasteiger partial charge in [-0.2, -0.15) is 0 Å². The Labute approximate surface area is 120 Å². The van der Waals surface area contributed by atoms with Gasteiger partial charge in [-0.05, 0) is 38.1 Å². The van der Waals surface area contributed by atoms with Crippen LogP contribution in [0.2, 0.25) is 0 Å². The largest absolute Gasteiger partial charge is 0.573 e. The molecule has 1 fully saturated rings. The maximum absolute atomic E-state index is 12.1. The molecule has 7 heteroatoms. The van der Waals surface area contributed by atoms with Crippen molar-refractivity contribution in [3.63, 3.8) is 0 Å². The number of halogens is 3. The van der Waals surface area contributed by atoms with Gasteiger partial charge in [0.25, 0.3) is 0 Å². The maximum Gasteiger partial charge on any atom is 0.573 e. The summed E-state index contributed by atoms with van der Waals surface area (Å²) in [4.78, 5) is 11.9. The summed E-state index contributed by atoms with van der Waals surface area (Å²) >= 11 is 0. The van der Waals surface area contributed by atoms with Gasteiger partial charge in [0.1, 0.15) is 12.4 Å². The molecule has 1 N–H and O–H groups in total. The number of carbonyl (C=O) groups is 1. The van der Waals surface area contributed by atoms with Crippen LogP contribution in [-0.2, 0) is 4.74 Å². The predicted molar refractivity (Wildman–Crippen MR) is 69.3 cm³/mol. The Morgan fingerprint density at radius 3 is 2.67 bits per heavy atom. The summed E-state index contributed by atoms with van der Waals surface area (Å²) in [6.07, 6.45) is -3.10. The highest BCUT2D eigenvalue weighted by Gasteiger charge is 2.31. The molecular weight excluding hydrogens is 287 g/mol. The fourth-order valence-corrected chi connectivity index (χ4v) is 2.11. The van der Waals surface area contributed by atoms with E-state index in [2.05, 4.69) is 10.1 Å². The third-order valence-corrected chi connectivity index (χ3v) is 3.13. The third kappa shape index (κ3) is 5.35. The molecule has 116 valence electrons. The summed E-state index contributed by atoms with van der Waals surface area (Å²) in [6, 6.07) is 5.01. The maximum atomic E-state index is 12.1. The van der Waals surface area contributed by atoms with Crippen LogP contribution >= 0.6 is 0 Å². The van der Waals surface area contributed by atoms with Crippen LogP contribution in [0.3, 0.4) is 0 Å². The number of carbonyl (C=O) groups excluding carboxylic acids is 1. The summed E-state index contributed by atoms with van der Waals surface area (Å²) in [7, 11) is 0. The van der Waals surface area contributed by atoms with Gasteiger partial charge in [-0.25, -0.2) is 0 Å². The van der Waals surface area contributed by atoms with Crippen molar-refractivity contribution in [1.29, 1.82) is 0 Å².